The second-order valence-corrected chi connectivity index (χ2v) is 6.79. The topological polar surface area (TPSA) is 93.8 Å². The molecule has 0 bridgehead atoms. The Balaban J connectivity index is 1.98. The van der Waals surface area contributed by atoms with Crippen LogP contribution in [0.25, 0.3) is 22.6 Å². The summed E-state index contributed by atoms with van der Waals surface area (Å²) in [6.45, 7) is 0. The number of hydrogen-bond acceptors (Lipinski definition) is 7. The van der Waals surface area contributed by atoms with E-state index in [-0.39, 0.29) is 22.4 Å². The van der Waals surface area contributed by atoms with Gasteiger partial charge in [-0.05, 0) is 36.4 Å². The summed E-state index contributed by atoms with van der Waals surface area (Å²) in [5, 5.41) is 4.41. The Morgan fingerprint density at radius 1 is 0.875 bits per heavy atom. The van der Waals surface area contributed by atoms with Gasteiger partial charge in [0.1, 0.15) is 28.5 Å². The van der Waals surface area contributed by atoms with Crippen molar-refractivity contribution in [2.24, 2.45) is 0 Å². The van der Waals surface area contributed by atoms with Gasteiger partial charge in [-0.15, -0.1) is 0 Å². The van der Waals surface area contributed by atoms with Crippen LogP contribution in [0.4, 0.5) is 0 Å². The summed E-state index contributed by atoms with van der Waals surface area (Å²) in [6.07, 6.45) is 3.16. The van der Waals surface area contributed by atoms with Gasteiger partial charge in [0.2, 0.25) is 0 Å². The molecule has 2 heterocycles. The van der Waals surface area contributed by atoms with E-state index in [1.807, 2.05) is 0 Å². The molecule has 0 N–H and O–H groups in total. The molecule has 9 heteroatoms. The molecule has 0 aliphatic carbocycles. The van der Waals surface area contributed by atoms with Crippen LogP contribution in [-0.4, -0.2) is 48.8 Å². The minimum absolute atomic E-state index is 0.138. The lowest BCUT2D eigenvalue weighted by molar-refractivity contribution is 0.0600. The number of pyridine rings is 1. The molecule has 164 valence electrons. The summed E-state index contributed by atoms with van der Waals surface area (Å²) in [6, 6.07) is 12.1. The molecule has 0 atom stereocenters. The number of rotatable bonds is 6. The molecule has 0 aromatic heterocycles. The molecule has 32 heavy (non-hydrogen) atoms. The van der Waals surface area contributed by atoms with E-state index in [0.29, 0.717) is 28.6 Å². The molecule has 2 aromatic rings. The average molecular weight is 435 g/mol. The standard InChI is InChI=1S/C23H21N3O6/c1-29-15-7-5-14(6-8-15)26-22(27)17-12-25(13-18(21(17)24-26)23(28)32-4)19-11-16(30-2)9-10-20(19)31-3/h5-13H,1-4H3. The van der Waals surface area contributed by atoms with Crippen LogP contribution in [0.5, 0.6) is 17.2 Å². The van der Waals surface area contributed by atoms with Gasteiger partial charge in [0.05, 0.1) is 45.4 Å². The van der Waals surface area contributed by atoms with Gasteiger partial charge in [0.25, 0.3) is 5.56 Å². The van der Waals surface area contributed by atoms with Crippen molar-refractivity contribution in [1.29, 1.82) is 0 Å². The maximum atomic E-state index is 13.3. The molecule has 0 unspecified atom stereocenters. The Hall–Kier alpha value is -4.27. The van der Waals surface area contributed by atoms with Gasteiger partial charge < -0.3 is 23.5 Å². The third-order valence-corrected chi connectivity index (χ3v) is 5.06. The summed E-state index contributed by atoms with van der Waals surface area (Å²) in [7, 11) is 5.92. The molecule has 2 aliphatic heterocycles. The molecule has 2 aromatic carbocycles. The van der Waals surface area contributed by atoms with Gasteiger partial charge in [-0.2, -0.15) is 9.78 Å². The van der Waals surface area contributed by atoms with Crippen molar-refractivity contribution < 1.29 is 23.7 Å². The number of fused-ring (bicyclic) bond motifs is 1. The highest BCUT2D eigenvalue weighted by Crippen LogP contribution is 2.31. The molecule has 0 radical (unpaired) electrons. The van der Waals surface area contributed by atoms with Crippen molar-refractivity contribution in [2.75, 3.05) is 28.4 Å². The lowest BCUT2D eigenvalue weighted by atomic mass is 10.1. The van der Waals surface area contributed by atoms with Crippen LogP contribution in [-0.2, 0) is 4.74 Å². The van der Waals surface area contributed by atoms with Gasteiger partial charge in [-0.3, -0.25) is 4.79 Å². The van der Waals surface area contributed by atoms with Crippen molar-refractivity contribution in [3.63, 3.8) is 0 Å². The second kappa shape index (κ2) is 8.46. The zero-order valence-corrected chi connectivity index (χ0v) is 18.0. The number of methoxy groups -OCH3 is 4. The number of carbonyl (C=O) groups is 1. The van der Waals surface area contributed by atoms with Crippen molar-refractivity contribution in [1.82, 2.24) is 14.3 Å². The van der Waals surface area contributed by atoms with Crippen molar-refractivity contribution in [3.8, 4) is 39.9 Å². The predicted molar refractivity (Wildman–Crippen MR) is 117 cm³/mol. The summed E-state index contributed by atoms with van der Waals surface area (Å²) in [4.78, 5) is 25.8. The largest absolute Gasteiger partial charge is 0.497 e. The van der Waals surface area contributed by atoms with Crippen molar-refractivity contribution in [3.05, 3.63) is 70.8 Å². The third kappa shape index (κ3) is 3.53. The zero-order valence-electron chi connectivity index (χ0n) is 18.0. The maximum absolute atomic E-state index is 13.3. The Kier molecular flexibility index (Phi) is 5.55. The molecule has 0 saturated heterocycles. The Morgan fingerprint density at radius 3 is 2.19 bits per heavy atom. The number of benzene rings is 2. The van der Waals surface area contributed by atoms with E-state index in [1.165, 1.54) is 18.9 Å². The minimum Gasteiger partial charge on any atom is -0.497 e. The average Bonchev–Trinajstić information content (AvgIpc) is 3.18. The molecule has 9 nitrogen and oxygen atoms in total. The van der Waals surface area contributed by atoms with E-state index in [4.69, 9.17) is 18.9 Å². The van der Waals surface area contributed by atoms with Crippen LogP contribution in [0.1, 0.15) is 10.4 Å². The molecular weight excluding hydrogens is 414 g/mol. The number of hydrogen-bond donors (Lipinski definition) is 0. The normalized spacial score (nSPS) is 10.8. The summed E-state index contributed by atoms with van der Waals surface area (Å²) in [5.74, 6) is 1.15. The molecular formula is C23H21N3O6. The minimum atomic E-state index is -0.620. The molecule has 0 spiro atoms. The molecule has 0 fully saturated rings. The van der Waals surface area contributed by atoms with Crippen LogP contribution in [0.3, 0.4) is 0 Å². The van der Waals surface area contributed by atoms with Crippen LogP contribution in [0, 0.1) is 0 Å². The van der Waals surface area contributed by atoms with Crippen LogP contribution >= 0.6 is 0 Å². The lowest BCUT2D eigenvalue weighted by Gasteiger charge is -2.15. The molecule has 2 aliphatic rings. The Morgan fingerprint density at radius 2 is 1.56 bits per heavy atom. The monoisotopic (exact) mass is 435 g/mol. The number of aromatic nitrogens is 3. The first-order chi connectivity index (χ1) is 15.5. The number of nitrogens with zero attached hydrogens (tertiary/aromatic N) is 3. The Bertz CT molecular complexity index is 1310. The first kappa shape index (κ1) is 21.0. The maximum Gasteiger partial charge on any atom is 0.341 e. The highest BCUT2D eigenvalue weighted by Gasteiger charge is 2.26. The van der Waals surface area contributed by atoms with E-state index in [1.54, 1.807) is 73.6 Å². The Labute approximate surface area is 183 Å². The molecule has 0 amide bonds. The molecule has 4 rings (SSSR count). The van der Waals surface area contributed by atoms with E-state index in [9.17, 15) is 9.59 Å². The summed E-state index contributed by atoms with van der Waals surface area (Å²) >= 11 is 0. The fourth-order valence-electron chi connectivity index (χ4n) is 3.40. The summed E-state index contributed by atoms with van der Waals surface area (Å²) in [5.41, 5.74) is 1.35. The highest BCUT2D eigenvalue weighted by molar-refractivity contribution is 5.96. The first-order valence-corrected chi connectivity index (χ1v) is 9.61. The van der Waals surface area contributed by atoms with Gasteiger partial charge in [-0.25, -0.2) is 4.79 Å². The zero-order chi connectivity index (χ0) is 22.8. The highest BCUT2D eigenvalue weighted by atomic mass is 16.5. The summed E-state index contributed by atoms with van der Waals surface area (Å²) < 4.78 is 23.8. The van der Waals surface area contributed by atoms with E-state index >= 15 is 0 Å². The second-order valence-electron chi connectivity index (χ2n) is 6.79. The SMILES string of the molecule is COC(=O)c1cn(-c2cc(OC)ccc2OC)cc2c(=O)n(-c3ccc(OC)cc3)nc1-2. The van der Waals surface area contributed by atoms with Crippen molar-refractivity contribution >= 4 is 5.97 Å². The van der Waals surface area contributed by atoms with Gasteiger partial charge >= 0.3 is 5.97 Å². The van der Waals surface area contributed by atoms with Crippen LogP contribution in [0.15, 0.2) is 59.7 Å². The van der Waals surface area contributed by atoms with E-state index in [0.717, 1.165) is 0 Å². The number of carbonyl (C=O) groups excluding carboxylic acids is 1. The number of ether oxygens (including phenoxy) is 4. The number of esters is 1. The van der Waals surface area contributed by atoms with Gasteiger partial charge in [-0.1, -0.05) is 0 Å². The van der Waals surface area contributed by atoms with Crippen LogP contribution in [0.2, 0.25) is 0 Å². The lowest BCUT2D eigenvalue weighted by Crippen LogP contribution is -2.15. The van der Waals surface area contributed by atoms with Crippen LogP contribution < -0.4 is 19.8 Å². The van der Waals surface area contributed by atoms with E-state index < -0.39 is 5.97 Å². The smallest absolute Gasteiger partial charge is 0.341 e. The third-order valence-electron chi connectivity index (χ3n) is 5.06. The first-order valence-electron chi connectivity index (χ1n) is 9.61. The predicted octanol–water partition coefficient (Wildman–Crippen LogP) is 2.94. The fourth-order valence-corrected chi connectivity index (χ4v) is 3.40. The molecule has 0 saturated carbocycles. The quantitative estimate of drug-likeness (QED) is 0.430. The van der Waals surface area contributed by atoms with Gasteiger partial charge in [0, 0.05) is 18.5 Å². The van der Waals surface area contributed by atoms with E-state index in [2.05, 4.69) is 5.10 Å². The van der Waals surface area contributed by atoms with Gasteiger partial charge in [0.15, 0.2) is 0 Å². The van der Waals surface area contributed by atoms with Crippen molar-refractivity contribution in [2.45, 2.75) is 0 Å². The fraction of sp³-hybridized carbons (Fsp3) is 0.174.